The van der Waals surface area contributed by atoms with E-state index in [-0.39, 0.29) is 116 Å². The molecule has 0 aliphatic carbocycles. The van der Waals surface area contributed by atoms with Crippen molar-refractivity contribution in [1.82, 2.24) is 59.6 Å². The summed E-state index contributed by atoms with van der Waals surface area (Å²) in [5.74, 6) is 9.08. The number of carboxylic acids is 1. The molecule has 24 nitrogen and oxygen atoms in total. The normalized spacial score (nSPS) is 13.5. The Hall–Kier alpha value is -1.89. The van der Waals surface area contributed by atoms with Gasteiger partial charge in [-0.3, -0.25) is 19.2 Å². The first-order valence-electron chi connectivity index (χ1n) is 51.0. The molecule has 8 heterocycles. The van der Waals surface area contributed by atoms with Crippen LogP contribution in [-0.2, 0) is 122 Å². The van der Waals surface area contributed by atoms with Gasteiger partial charge in [0, 0.05) is 77.9 Å². The predicted octanol–water partition coefficient (Wildman–Crippen LogP) is 10.5. The van der Waals surface area contributed by atoms with E-state index in [4.69, 9.17) is 43.8 Å². The average molecular weight is 2190 g/mol. The van der Waals surface area contributed by atoms with Gasteiger partial charge in [-0.25, -0.2) is 39.9 Å². The zero-order valence-corrected chi connectivity index (χ0v) is 110. The first-order valence-corrected chi connectivity index (χ1v) is 99.4. The second kappa shape index (κ2) is 76.8. The third kappa shape index (κ3) is 48.3. The number of hydrogen-bond donors (Lipinski definition) is 5. The van der Waals surface area contributed by atoms with E-state index < -0.39 is 5.97 Å². The number of carbonyl (C=O) groups excluding carboxylic acids is 6. The number of carboxylic acid groups (broad SMARTS) is 1. The summed E-state index contributed by atoms with van der Waals surface area (Å²) in [5, 5.41) is 12.8. The minimum atomic E-state index is -0.814. The standard InChI is InChI=1S/C28H32BN4O2.C28H31BN3O3.C27H32N4O.C16H13ClN2O2.C12H16BN2O.2CH4.7K.H/c1-20-18-31-28(32-26(20)11-10-22-4-2-3-5-25(22)17-27(30)35)16-21-6-8-23(9-7-21)24-12-14-33(15-13-24)29-19-34;1-20-18-30-27(31-26(20)11-10-22-4-2-3-5-25(22)17-28(34)35)16-21-6-8-23(9-7-21)24-12-14-32(15-13-24)29-19-33;1-19-18-30-27(16-20-6-8-22(9-7-20)23-12-14-29-15-13-23)31-25(19)11-10-21-4-2-3-5-24(21)17-26(28)32;1-11-10-18-16(17)19-14(11)8-7-12-5-3-4-6-13(12)9-15(20)21-2;14-12-3-1-10(2-4-12)11-5-7-15(8-6-11)13-9-16;;;;;;;;;;/h2-9,18-19,24H,10-17H2,1H3,(H2,30,35);2-9,18-19,24H,10-17H2,1H3,(H,34,35);2-9,18,23,29H,10-17H2,1H3,(H2,28,32);3-6,10H,9H2,1-2H3;1-4,9,11H,5-8,14H2;2*1H4;;;;;;;;/q;;;;;;;;;;;;;+1;-1. The van der Waals surface area contributed by atoms with Crippen LogP contribution < -0.4 is 73.9 Å². The van der Waals surface area contributed by atoms with E-state index >= 15 is 0 Å². The van der Waals surface area contributed by atoms with Crippen LogP contribution in [0.2, 0.25) is 5.28 Å². The summed E-state index contributed by atoms with van der Waals surface area (Å²) in [6.45, 7) is 15.8. The van der Waals surface area contributed by atoms with Gasteiger partial charge in [0.15, 0.2) is 0 Å². The summed E-state index contributed by atoms with van der Waals surface area (Å²) in [6, 6.07) is 65.8. The molecule has 4 fully saturated rings. The summed E-state index contributed by atoms with van der Waals surface area (Å²) < 4.78 is 4.68. The van der Waals surface area contributed by atoms with Crippen molar-refractivity contribution < 1.29 is 96.2 Å². The number of esters is 1. The number of ether oxygens (including phenoxy) is 1. The number of piperidine rings is 4. The van der Waals surface area contributed by atoms with Gasteiger partial charge in [0.05, 0.1) is 51.3 Å². The van der Waals surface area contributed by atoms with Crippen LogP contribution in [0.15, 0.2) is 219 Å². The number of halogens is 1. The van der Waals surface area contributed by atoms with E-state index in [1.165, 1.54) is 248 Å². The van der Waals surface area contributed by atoms with Crippen LogP contribution >= 0.6 is 11.6 Å². The summed E-state index contributed by atoms with van der Waals surface area (Å²) in [6.07, 6.45) is 26.4. The number of primary amides is 2. The van der Waals surface area contributed by atoms with Crippen molar-refractivity contribution >= 4 is 271 Å². The molecular weight excluding hydrogens is 2050 g/mol. The molecule has 3 radical (unpaired) electrons. The average Bonchev–Trinajstić information content (AvgIpc) is 0.836. The molecule has 4 aliphatic heterocycles. The fraction of sp³-hybridized carbons (Fsp3) is 0.354. The number of nitrogen functional groups attached to an aromatic ring is 1. The maximum absolute atomic E-state index is 11.4. The van der Waals surface area contributed by atoms with Crippen LogP contribution in [0.1, 0.15) is 237 Å². The van der Waals surface area contributed by atoms with E-state index in [1.807, 2.05) is 136 Å². The second-order valence-corrected chi connectivity index (χ2v) is 36.3. The molecule has 0 saturated carbocycles. The molecule has 0 atom stereocenters. The molecule has 0 spiro atoms. The van der Waals surface area contributed by atoms with Crippen LogP contribution in [0.25, 0.3) is 0 Å². The Kier molecular flexibility index (Phi) is 69.9. The van der Waals surface area contributed by atoms with Gasteiger partial charge in [-0.2, -0.15) is 0 Å². The number of amides is 2. The first-order chi connectivity index (χ1) is 70.5. The van der Waals surface area contributed by atoms with Crippen molar-refractivity contribution in [3.8, 4) is 11.8 Å². The second-order valence-electron chi connectivity index (χ2n) is 36.0. The number of benzene rings is 8. The molecular formula is C113H133B3ClK7N15O9. The molecule has 0 bridgehead atoms. The molecule has 0 unspecified atom stereocenters. The maximum atomic E-state index is 11.4. The van der Waals surface area contributed by atoms with Crippen molar-refractivity contribution in [2.24, 2.45) is 11.5 Å². The molecule has 4 aliphatic rings. The number of hydrogen-bond acceptors (Lipinski definition) is 21. The molecule has 8 aromatic carbocycles. The van der Waals surface area contributed by atoms with Gasteiger partial charge in [-0.1, -0.05) is 197 Å². The van der Waals surface area contributed by atoms with Crippen molar-refractivity contribution in [3.63, 3.8) is 0 Å². The number of nitrogens with zero attached hydrogens (tertiary/aromatic N) is 11. The fourth-order valence-corrected chi connectivity index (χ4v) is 18.2. The molecule has 8 N–H and O–H groups in total. The predicted molar refractivity (Wildman–Crippen MR) is 600 cm³/mol. The van der Waals surface area contributed by atoms with Crippen LogP contribution in [0.3, 0.4) is 0 Å². The Labute approximate surface area is 1060 Å². The van der Waals surface area contributed by atoms with E-state index in [1.54, 1.807) is 28.4 Å². The molecule has 12 aromatic rings. The number of rotatable bonds is 33. The Bertz CT molecular complexity index is 5990. The monoisotopic (exact) mass is 2180 g/mol. The zero-order valence-electron chi connectivity index (χ0n) is 88.3. The van der Waals surface area contributed by atoms with Gasteiger partial charge >= 0.3 is 253 Å². The number of aliphatic carboxylic acids is 1. The van der Waals surface area contributed by atoms with E-state index in [0.717, 1.165) is 261 Å². The summed E-state index contributed by atoms with van der Waals surface area (Å²) in [5.41, 5.74) is 42.0. The minimum absolute atomic E-state index is 0. The van der Waals surface area contributed by atoms with E-state index in [2.05, 4.69) is 165 Å². The van der Waals surface area contributed by atoms with Gasteiger partial charge < -0.3 is 62.6 Å². The van der Waals surface area contributed by atoms with Crippen LogP contribution in [0.5, 0.6) is 0 Å². The van der Waals surface area contributed by atoms with Gasteiger partial charge in [-0.05, 0) is 324 Å². The first kappa shape index (κ1) is 135. The quantitative estimate of drug-likeness (QED) is 0.00637. The summed E-state index contributed by atoms with van der Waals surface area (Å²) in [7, 11) is 6.29. The molecule has 148 heavy (non-hydrogen) atoms. The topological polar surface area (TPSA) is 352 Å². The van der Waals surface area contributed by atoms with Gasteiger partial charge in [0.1, 0.15) is 23.2 Å². The van der Waals surface area contributed by atoms with Crippen LogP contribution in [0.4, 0.5) is 5.69 Å². The van der Waals surface area contributed by atoms with Crippen LogP contribution in [0, 0.1) is 39.5 Å². The molecule has 737 valence electrons. The number of nitrogens with two attached hydrogens (primary N) is 3. The number of aromatic nitrogens is 8. The Balaban J connectivity index is 0.000000328. The Morgan fingerprint density at radius 3 is 1.05 bits per heavy atom. The van der Waals surface area contributed by atoms with Gasteiger partial charge in [0.25, 0.3) is 22.2 Å². The molecule has 16 rings (SSSR count). The number of carbonyl (C=O) groups is 7. The summed E-state index contributed by atoms with van der Waals surface area (Å²) >= 11 is 13.3. The van der Waals surface area contributed by atoms with E-state index in [9.17, 15) is 38.7 Å². The fourth-order valence-electron chi connectivity index (χ4n) is 18.1. The third-order valence-corrected chi connectivity index (χ3v) is 26.3. The molecule has 2 amide bonds. The number of nitrogens with one attached hydrogen (secondary N) is 1. The van der Waals surface area contributed by atoms with Gasteiger partial charge in [-0.15, -0.1) is 0 Å². The van der Waals surface area contributed by atoms with Crippen molar-refractivity contribution in [2.75, 3.05) is 65.2 Å². The number of methoxy groups -OCH3 is 1. The zero-order chi connectivity index (χ0) is 104. The SMILES string of the molecule is C.C.COC(=O)Cc1ccccc1C#Cc1nc(Cl)ncc1C.Cc1cnc(Cc2ccc(C3CCN([B]C=O)CC3)cc2)nc1CCc1ccccc1CC(=O)O.Cc1cnc(Cc2ccc(C3CCN([B]C=O)CC3)cc2)nc1CCc1ccccc1CC(N)=O.Cc1cnc(Cc2ccc(C3CCNCC3)cc2)nc1CCc1ccccc1CC(N)=O.Nc1ccc(C2CCN([B]C=O)CC2)cc1.[H-].[K+].[K][K].[K][K].[K][K]. The Morgan fingerprint density at radius 1 is 0.419 bits per heavy atom. The number of anilines is 1. The number of aryl methyl sites for hydroxylation is 10. The molecule has 4 saturated heterocycles. The van der Waals surface area contributed by atoms with Gasteiger partial charge in [0.2, 0.25) is 17.1 Å². The summed E-state index contributed by atoms with van der Waals surface area (Å²) in [4.78, 5) is 120. The van der Waals surface area contributed by atoms with Crippen molar-refractivity contribution in [3.05, 3.63) is 370 Å². The van der Waals surface area contributed by atoms with E-state index in [0.29, 0.717) is 42.2 Å². The van der Waals surface area contributed by atoms with Crippen LogP contribution in [-0.4, -0.2) is 373 Å². The van der Waals surface area contributed by atoms with Crippen molar-refractivity contribution in [1.29, 1.82) is 0 Å². The Morgan fingerprint density at radius 2 is 0.723 bits per heavy atom. The van der Waals surface area contributed by atoms with Crippen molar-refractivity contribution in [2.45, 2.75) is 201 Å². The third-order valence-electron chi connectivity index (χ3n) is 26.1. The molecule has 35 heteroatoms. The molecule has 4 aromatic heterocycles.